The summed E-state index contributed by atoms with van der Waals surface area (Å²) in [7, 11) is 3.87. The van der Waals surface area contributed by atoms with Gasteiger partial charge in [0.05, 0.1) is 35.8 Å². The van der Waals surface area contributed by atoms with Gasteiger partial charge in [-0.15, -0.1) is 0 Å². The fourth-order valence-electron chi connectivity index (χ4n) is 4.53. The Kier molecular flexibility index (Phi) is 5.32. The SMILES string of the molecule is CCNc1cc2c(cn1)c(-c1cnn(C)c1)nn2[C@H]1CC[C@@H](Oc2cnn(C)c2C)CC1. The number of aryl methyl sites for hydroxylation is 2. The minimum absolute atomic E-state index is 0.216. The molecule has 0 radical (unpaired) electrons. The predicted octanol–water partition coefficient (Wildman–Crippen LogP) is 3.87. The van der Waals surface area contributed by atoms with Gasteiger partial charge in [-0.1, -0.05) is 0 Å². The van der Waals surface area contributed by atoms with Gasteiger partial charge >= 0.3 is 0 Å². The molecule has 32 heavy (non-hydrogen) atoms. The van der Waals surface area contributed by atoms with Gasteiger partial charge < -0.3 is 10.1 Å². The van der Waals surface area contributed by atoms with E-state index in [9.17, 15) is 0 Å². The summed E-state index contributed by atoms with van der Waals surface area (Å²) in [5.41, 5.74) is 4.13. The van der Waals surface area contributed by atoms with Crippen LogP contribution < -0.4 is 10.1 Å². The minimum atomic E-state index is 0.216. The van der Waals surface area contributed by atoms with Crippen LogP contribution in [0.25, 0.3) is 22.2 Å². The standard InChI is InChI=1S/C23H30N8O/c1-5-24-22-10-20-19(12-25-22)23(16-11-26-29(3)14-16)28-31(20)17-6-8-18(9-7-17)32-21-13-27-30(4)15(21)2/h10-14,17-18H,5-9H2,1-4H3,(H,24,25)/t17-,18+. The van der Waals surface area contributed by atoms with Crippen molar-refractivity contribution in [3.05, 3.63) is 36.5 Å². The van der Waals surface area contributed by atoms with E-state index < -0.39 is 0 Å². The fourth-order valence-corrected chi connectivity index (χ4v) is 4.53. The predicted molar refractivity (Wildman–Crippen MR) is 124 cm³/mol. The van der Waals surface area contributed by atoms with Crippen LogP contribution in [0.1, 0.15) is 44.3 Å². The maximum absolute atomic E-state index is 6.26. The normalized spacial score (nSPS) is 18.9. The van der Waals surface area contributed by atoms with Crippen molar-refractivity contribution in [2.75, 3.05) is 11.9 Å². The molecule has 1 aliphatic rings. The Morgan fingerprint density at radius 2 is 1.91 bits per heavy atom. The molecule has 4 aromatic heterocycles. The van der Waals surface area contributed by atoms with Gasteiger partial charge in [0.15, 0.2) is 5.75 Å². The van der Waals surface area contributed by atoms with E-state index in [4.69, 9.17) is 9.84 Å². The highest BCUT2D eigenvalue weighted by Crippen LogP contribution is 2.36. The van der Waals surface area contributed by atoms with Gasteiger partial charge in [-0.05, 0) is 39.5 Å². The van der Waals surface area contributed by atoms with E-state index in [0.717, 1.165) is 71.6 Å². The van der Waals surface area contributed by atoms with Crippen molar-refractivity contribution in [2.45, 2.75) is 51.7 Å². The van der Waals surface area contributed by atoms with Gasteiger partial charge in [0.25, 0.3) is 0 Å². The lowest BCUT2D eigenvalue weighted by molar-refractivity contribution is 0.130. The maximum atomic E-state index is 6.26. The number of fused-ring (bicyclic) bond motifs is 1. The van der Waals surface area contributed by atoms with Gasteiger partial charge in [0.2, 0.25) is 0 Å². The summed E-state index contributed by atoms with van der Waals surface area (Å²) >= 11 is 0. The van der Waals surface area contributed by atoms with Crippen LogP contribution in [-0.4, -0.2) is 47.0 Å². The number of hydrogen-bond donors (Lipinski definition) is 1. The van der Waals surface area contributed by atoms with Crippen LogP contribution >= 0.6 is 0 Å². The summed E-state index contributed by atoms with van der Waals surface area (Å²) < 4.78 is 12.1. The van der Waals surface area contributed by atoms with Crippen LogP contribution in [0.5, 0.6) is 5.75 Å². The molecule has 4 aromatic rings. The highest BCUT2D eigenvalue weighted by atomic mass is 16.5. The van der Waals surface area contributed by atoms with Crippen molar-refractivity contribution in [3.8, 4) is 17.0 Å². The molecule has 0 spiro atoms. The molecule has 4 heterocycles. The van der Waals surface area contributed by atoms with E-state index >= 15 is 0 Å². The summed E-state index contributed by atoms with van der Waals surface area (Å²) in [6.45, 7) is 4.95. The molecule has 0 unspecified atom stereocenters. The van der Waals surface area contributed by atoms with Crippen molar-refractivity contribution in [1.82, 2.24) is 34.3 Å². The molecule has 1 aliphatic carbocycles. The first-order valence-corrected chi connectivity index (χ1v) is 11.3. The van der Waals surface area contributed by atoms with E-state index in [1.165, 1.54) is 0 Å². The summed E-state index contributed by atoms with van der Waals surface area (Å²) in [6.07, 6.45) is 11.9. The van der Waals surface area contributed by atoms with Crippen LogP contribution in [0.15, 0.2) is 30.9 Å². The Hall–Kier alpha value is -3.36. The first-order valence-electron chi connectivity index (χ1n) is 11.3. The Bertz CT molecular complexity index is 1230. The maximum Gasteiger partial charge on any atom is 0.160 e. The minimum Gasteiger partial charge on any atom is -0.487 e. The molecule has 168 valence electrons. The molecular weight excluding hydrogens is 404 g/mol. The molecule has 5 rings (SSSR count). The lowest BCUT2D eigenvalue weighted by Gasteiger charge is -2.29. The Labute approximate surface area is 187 Å². The number of ether oxygens (including phenoxy) is 1. The lowest BCUT2D eigenvalue weighted by atomic mass is 9.93. The smallest absolute Gasteiger partial charge is 0.160 e. The zero-order valence-electron chi connectivity index (χ0n) is 19.1. The monoisotopic (exact) mass is 434 g/mol. The van der Waals surface area contributed by atoms with E-state index in [-0.39, 0.29) is 6.10 Å². The third-order valence-electron chi connectivity index (χ3n) is 6.40. The second kappa shape index (κ2) is 8.29. The van der Waals surface area contributed by atoms with Crippen LogP contribution in [0.4, 0.5) is 5.82 Å². The molecule has 9 heteroatoms. The average Bonchev–Trinajstić information content (AvgIpc) is 3.48. The molecule has 1 N–H and O–H groups in total. The van der Waals surface area contributed by atoms with Crippen LogP contribution in [0.3, 0.4) is 0 Å². The molecule has 0 saturated heterocycles. The first-order chi connectivity index (χ1) is 15.5. The second-order valence-electron chi connectivity index (χ2n) is 8.58. The highest BCUT2D eigenvalue weighted by molar-refractivity contribution is 5.93. The quantitative estimate of drug-likeness (QED) is 0.496. The molecule has 0 amide bonds. The van der Waals surface area contributed by atoms with Crippen molar-refractivity contribution in [1.29, 1.82) is 0 Å². The number of hydrogen-bond acceptors (Lipinski definition) is 6. The van der Waals surface area contributed by atoms with Gasteiger partial charge in [-0.25, -0.2) is 4.98 Å². The summed E-state index contributed by atoms with van der Waals surface area (Å²) in [4.78, 5) is 4.60. The van der Waals surface area contributed by atoms with E-state index in [2.05, 4.69) is 38.2 Å². The Balaban J connectivity index is 1.42. The summed E-state index contributed by atoms with van der Waals surface area (Å²) in [6, 6.07) is 2.45. The zero-order valence-corrected chi connectivity index (χ0v) is 19.1. The zero-order chi connectivity index (χ0) is 22.2. The van der Waals surface area contributed by atoms with Gasteiger partial charge in [-0.2, -0.15) is 15.3 Å². The average molecular weight is 435 g/mol. The molecule has 0 aromatic carbocycles. The van der Waals surface area contributed by atoms with E-state index in [1.54, 1.807) is 0 Å². The van der Waals surface area contributed by atoms with Crippen molar-refractivity contribution in [3.63, 3.8) is 0 Å². The molecular formula is C23H30N8O. The number of nitrogens with one attached hydrogen (secondary N) is 1. The topological polar surface area (TPSA) is 87.6 Å². The van der Waals surface area contributed by atoms with E-state index in [1.807, 2.05) is 55.2 Å². The molecule has 0 atom stereocenters. The second-order valence-corrected chi connectivity index (χ2v) is 8.58. The van der Waals surface area contributed by atoms with Crippen molar-refractivity contribution in [2.24, 2.45) is 14.1 Å². The van der Waals surface area contributed by atoms with Crippen LogP contribution in [-0.2, 0) is 14.1 Å². The third-order valence-corrected chi connectivity index (χ3v) is 6.40. The number of rotatable bonds is 6. The van der Waals surface area contributed by atoms with Gasteiger partial charge in [0, 0.05) is 50.0 Å². The third kappa shape index (κ3) is 3.72. The lowest BCUT2D eigenvalue weighted by Crippen LogP contribution is -2.26. The van der Waals surface area contributed by atoms with Crippen molar-refractivity contribution < 1.29 is 4.74 Å². The van der Waals surface area contributed by atoms with Crippen LogP contribution in [0, 0.1) is 6.92 Å². The Morgan fingerprint density at radius 3 is 2.56 bits per heavy atom. The Morgan fingerprint density at radius 1 is 1.09 bits per heavy atom. The summed E-state index contributed by atoms with van der Waals surface area (Å²) in [5, 5.41) is 18.1. The first kappa shape index (κ1) is 20.5. The number of pyridine rings is 1. The number of anilines is 1. The molecule has 0 aliphatic heterocycles. The van der Waals surface area contributed by atoms with E-state index in [0.29, 0.717) is 6.04 Å². The molecule has 1 saturated carbocycles. The van der Waals surface area contributed by atoms with Gasteiger partial charge in [-0.3, -0.25) is 14.0 Å². The number of nitrogens with zero attached hydrogens (tertiary/aromatic N) is 7. The highest BCUT2D eigenvalue weighted by Gasteiger charge is 2.27. The fraction of sp³-hybridized carbons (Fsp3) is 0.478. The molecule has 1 fully saturated rings. The largest absolute Gasteiger partial charge is 0.487 e. The summed E-state index contributed by atoms with van der Waals surface area (Å²) in [5.74, 6) is 1.77. The van der Waals surface area contributed by atoms with Crippen LogP contribution in [0.2, 0.25) is 0 Å². The number of aromatic nitrogens is 7. The molecule has 0 bridgehead atoms. The van der Waals surface area contributed by atoms with Crippen molar-refractivity contribution >= 4 is 16.7 Å². The molecule has 9 nitrogen and oxygen atoms in total. The van der Waals surface area contributed by atoms with Gasteiger partial charge in [0.1, 0.15) is 11.5 Å².